The molecule has 4 rings (SSSR count). The minimum absolute atomic E-state index is 0.138. The Morgan fingerprint density at radius 3 is 2.72 bits per heavy atom. The molecule has 1 amide bonds. The van der Waals surface area contributed by atoms with Gasteiger partial charge in [0.05, 0.1) is 5.25 Å². The number of carbonyl (C=O) groups is 2. The zero-order valence-electron chi connectivity index (χ0n) is 18.2. The molecule has 3 heterocycles. The fraction of sp³-hybridized carbons (Fsp3) is 0.348. The van der Waals surface area contributed by atoms with Gasteiger partial charge in [0.15, 0.2) is 5.82 Å². The van der Waals surface area contributed by atoms with Gasteiger partial charge >= 0.3 is 5.97 Å². The average Bonchev–Trinajstić information content (AvgIpc) is 3.18. The number of nitrogens with zero attached hydrogens (tertiary/aromatic N) is 4. The fourth-order valence-corrected chi connectivity index (χ4v) is 4.49. The number of esters is 1. The zero-order chi connectivity index (χ0) is 22.7. The van der Waals surface area contributed by atoms with E-state index in [1.54, 1.807) is 12.4 Å². The molecule has 1 aliphatic rings. The lowest BCUT2D eigenvalue weighted by Crippen LogP contribution is -2.42. The maximum absolute atomic E-state index is 13.5. The van der Waals surface area contributed by atoms with Crippen LogP contribution in [0.25, 0.3) is 11.4 Å². The quantitative estimate of drug-likeness (QED) is 0.591. The number of H-pyrrole nitrogens is 1. The number of amides is 1. The number of anilines is 1. The van der Waals surface area contributed by atoms with E-state index < -0.39 is 16.8 Å². The first kappa shape index (κ1) is 22.0. The van der Waals surface area contributed by atoms with E-state index >= 15 is 0 Å². The number of benzene rings is 1. The van der Waals surface area contributed by atoms with Gasteiger partial charge in [0.2, 0.25) is 11.1 Å². The Bertz CT molecular complexity index is 1110. The summed E-state index contributed by atoms with van der Waals surface area (Å²) in [6.07, 6.45) is 4.70. The molecular formula is C23H25N5O3S. The molecule has 0 aliphatic carbocycles. The molecule has 9 heteroatoms. The summed E-state index contributed by atoms with van der Waals surface area (Å²) in [6.45, 7) is 5.29. The predicted molar refractivity (Wildman–Crippen MR) is 122 cm³/mol. The first-order valence-electron chi connectivity index (χ1n) is 10.4. The van der Waals surface area contributed by atoms with Gasteiger partial charge in [-0.25, -0.2) is 4.98 Å². The largest absolute Gasteiger partial charge is 0.459 e. The van der Waals surface area contributed by atoms with Gasteiger partial charge in [-0.05, 0) is 57.4 Å². The summed E-state index contributed by atoms with van der Waals surface area (Å²) in [7, 11) is 0. The Balaban J connectivity index is 1.56. The van der Waals surface area contributed by atoms with Gasteiger partial charge in [0, 0.05) is 23.6 Å². The summed E-state index contributed by atoms with van der Waals surface area (Å²) in [6, 6.07) is 11.4. The van der Waals surface area contributed by atoms with Crippen LogP contribution in [0.15, 0.2) is 53.9 Å². The van der Waals surface area contributed by atoms with Crippen LogP contribution in [-0.4, -0.2) is 49.4 Å². The number of hydrogen-bond donors (Lipinski definition) is 1. The minimum Gasteiger partial charge on any atom is -0.459 e. The molecule has 0 unspecified atom stereocenters. The molecule has 32 heavy (non-hydrogen) atoms. The molecular weight excluding hydrogens is 426 g/mol. The number of para-hydroxylation sites is 1. The van der Waals surface area contributed by atoms with Crippen molar-refractivity contribution in [2.24, 2.45) is 0 Å². The predicted octanol–water partition coefficient (Wildman–Crippen LogP) is 3.65. The van der Waals surface area contributed by atoms with Gasteiger partial charge in [0.25, 0.3) is 0 Å². The Hall–Kier alpha value is -3.20. The lowest BCUT2D eigenvalue weighted by atomic mass is 10.1. The van der Waals surface area contributed by atoms with E-state index in [4.69, 9.17) is 4.74 Å². The molecule has 0 saturated heterocycles. The van der Waals surface area contributed by atoms with E-state index in [0.29, 0.717) is 23.8 Å². The smallest absolute Gasteiger partial charge is 0.326 e. The van der Waals surface area contributed by atoms with Crippen molar-refractivity contribution >= 4 is 29.3 Å². The second-order valence-corrected chi connectivity index (χ2v) is 9.66. The first-order valence-corrected chi connectivity index (χ1v) is 11.3. The number of hydrogen-bond acceptors (Lipinski definition) is 7. The topological polar surface area (TPSA) is 101 Å². The monoisotopic (exact) mass is 451 g/mol. The third kappa shape index (κ3) is 5.16. The maximum atomic E-state index is 13.5. The summed E-state index contributed by atoms with van der Waals surface area (Å²) in [5, 5.41) is 7.26. The third-order valence-electron chi connectivity index (χ3n) is 4.87. The van der Waals surface area contributed by atoms with Gasteiger partial charge in [-0.3, -0.25) is 24.6 Å². The number of aromatic amines is 1. The average molecular weight is 452 g/mol. The van der Waals surface area contributed by atoms with Crippen molar-refractivity contribution in [1.29, 1.82) is 0 Å². The van der Waals surface area contributed by atoms with Gasteiger partial charge in [-0.15, -0.1) is 5.10 Å². The normalized spacial score (nSPS) is 16.4. The van der Waals surface area contributed by atoms with E-state index in [-0.39, 0.29) is 12.5 Å². The van der Waals surface area contributed by atoms with Gasteiger partial charge in [0.1, 0.15) is 12.1 Å². The SMILES string of the molecule is CC(C)(C)OC(=O)CN1C(=O)[C@@H](Sc2n[nH]c(-c3ccncc3)n2)CCc2ccccc21. The van der Waals surface area contributed by atoms with E-state index in [1.165, 1.54) is 16.7 Å². The van der Waals surface area contributed by atoms with E-state index in [2.05, 4.69) is 20.2 Å². The van der Waals surface area contributed by atoms with Crippen molar-refractivity contribution in [3.05, 3.63) is 54.4 Å². The highest BCUT2D eigenvalue weighted by molar-refractivity contribution is 8.00. The van der Waals surface area contributed by atoms with Crippen LogP contribution in [-0.2, 0) is 20.7 Å². The van der Waals surface area contributed by atoms with Crippen LogP contribution in [0.4, 0.5) is 5.69 Å². The Morgan fingerprint density at radius 1 is 1.22 bits per heavy atom. The molecule has 0 fully saturated rings. The van der Waals surface area contributed by atoms with Crippen molar-refractivity contribution < 1.29 is 14.3 Å². The molecule has 1 N–H and O–H groups in total. The Morgan fingerprint density at radius 2 is 1.97 bits per heavy atom. The molecule has 0 spiro atoms. The lowest BCUT2D eigenvalue weighted by Gasteiger charge is -2.26. The maximum Gasteiger partial charge on any atom is 0.326 e. The minimum atomic E-state index is -0.623. The van der Waals surface area contributed by atoms with E-state index in [1.807, 2.05) is 57.2 Å². The molecule has 166 valence electrons. The number of thioether (sulfide) groups is 1. The highest BCUT2D eigenvalue weighted by atomic mass is 32.2. The molecule has 3 aromatic rings. The molecule has 2 aromatic heterocycles. The number of carbonyl (C=O) groups excluding carboxylic acids is 2. The van der Waals surface area contributed by atoms with Crippen molar-refractivity contribution in [3.63, 3.8) is 0 Å². The number of rotatable bonds is 5. The lowest BCUT2D eigenvalue weighted by molar-refractivity contribution is -0.153. The number of aromatic nitrogens is 4. The number of pyridine rings is 1. The van der Waals surface area contributed by atoms with Crippen LogP contribution < -0.4 is 4.90 Å². The molecule has 0 bridgehead atoms. The highest BCUT2D eigenvalue weighted by Gasteiger charge is 2.34. The fourth-order valence-electron chi connectivity index (χ4n) is 3.53. The molecule has 8 nitrogen and oxygen atoms in total. The number of nitrogens with one attached hydrogen (secondary N) is 1. The second kappa shape index (κ2) is 9.12. The number of ether oxygens (including phenoxy) is 1. The van der Waals surface area contributed by atoms with Gasteiger partial charge in [-0.2, -0.15) is 0 Å². The Kier molecular flexibility index (Phi) is 6.27. The first-order chi connectivity index (χ1) is 15.3. The van der Waals surface area contributed by atoms with Crippen molar-refractivity contribution in [3.8, 4) is 11.4 Å². The molecule has 1 atom stereocenters. The Labute approximate surface area is 190 Å². The van der Waals surface area contributed by atoms with Crippen LogP contribution in [0.3, 0.4) is 0 Å². The van der Waals surface area contributed by atoms with Crippen molar-refractivity contribution in [2.45, 2.75) is 49.6 Å². The van der Waals surface area contributed by atoms with Crippen molar-refractivity contribution in [2.75, 3.05) is 11.4 Å². The molecule has 1 aliphatic heterocycles. The van der Waals surface area contributed by atoms with Crippen LogP contribution in [0.1, 0.15) is 32.8 Å². The molecule has 0 saturated carbocycles. The van der Waals surface area contributed by atoms with Crippen molar-refractivity contribution in [1.82, 2.24) is 20.2 Å². The third-order valence-corrected chi connectivity index (χ3v) is 5.99. The zero-order valence-corrected chi connectivity index (χ0v) is 19.1. The summed E-state index contributed by atoms with van der Waals surface area (Å²) < 4.78 is 5.48. The van der Waals surface area contributed by atoms with Crippen LogP contribution >= 0.6 is 11.8 Å². The van der Waals surface area contributed by atoms with Crippen LogP contribution in [0.2, 0.25) is 0 Å². The standard InChI is InChI=1S/C23H25N5O3S/c1-23(2,3)31-19(29)14-28-17-7-5-4-6-15(17)8-9-18(21(28)30)32-22-25-20(26-27-22)16-10-12-24-13-11-16/h4-7,10-13,18H,8-9,14H2,1-3H3,(H,25,26,27)/t18-/m0/s1. The second-order valence-electron chi connectivity index (χ2n) is 8.49. The number of fused-ring (bicyclic) bond motifs is 1. The summed E-state index contributed by atoms with van der Waals surface area (Å²) in [5.74, 6) is 0.0232. The summed E-state index contributed by atoms with van der Waals surface area (Å²) in [5.41, 5.74) is 2.02. The number of aryl methyl sites for hydroxylation is 1. The van der Waals surface area contributed by atoms with Gasteiger partial charge in [-0.1, -0.05) is 30.0 Å². The summed E-state index contributed by atoms with van der Waals surface area (Å²) >= 11 is 1.30. The molecule has 0 radical (unpaired) electrons. The molecule has 1 aromatic carbocycles. The van der Waals surface area contributed by atoms with Gasteiger partial charge < -0.3 is 4.74 Å². The summed E-state index contributed by atoms with van der Waals surface area (Å²) in [4.78, 5) is 36.1. The van der Waals surface area contributed by atoms with Crippen LogP contribution in [0.5, 0.6) is 0 Å². The highest BCUT2D eigenvalue weighted by Crippen LogP contribution is 2.34. The van der Waals surface area contributed by atoms with E-state index in [0.717, 1.165) is 16.8 Å². The van der Waals surface area contributed by atoms with Crippen LogP contribution in [0, 0.1) is 0 Å². The van der Waals surface area contributed by atoms with E-state index in [9.17, 15) is 9.59 Å².